The third kappa shape index (κ3) is 8.88. The van der Waals surface area contributed by atoms with E-state index in [9.17, 15) is 14.4 Å². The van der Waals surface area contributed by atoms with Crippen LogP contribution in [0.2, 0.25) is 0 Å². The number of ether oxygens (including phenoxy) is 2. The van der Waals surface area contributed by atoms with E-state index in [1.54, 1.807) is 81.3 Å². The maximum atomic E-state index is 13.7. The summed E-state index contributed by atoms with van der Waals surface area (Å²) < 4.78 is 16.8. The molecule has 1 amide bonds. The van der Waals surface area contributed by atoms with Gasteiger partial charge in [-0.05, 0) is 92.6 Å². The molecule has 1 aliphatic rings. The molecule has 47 heavy (non-hydrogen) atoms. The van der Waals surface area contributed by atoms with Crippen LogP contribution in [0.1, 0.15) is 65.4 Å². The fraction of sp³-hybridized carbons (Fsp3) is 0.297. The number of pyridine rings is 2. The largest absolute Gasteiger partial charge is 0.467 e. The molecule has 10 nitrogen and oxygen atoms in total. The van der Waals surface area contributed by atoms with E-state index in [1.807, 2.05) is 24.3 Å². The van der Waals surface area contributed by atoms with E-state index in [-0.39, 0.29) is 25.7 Å². The Balaban J connectivity index is 1.32. The van der Waals surface area contributed by atoms with E-state index in [0.29, 0.717) is 59.6 Å². The third-order valence-electron chi connectivity index (χ3n) is 7.98. The highest BCUT2D eigenvalue weighted by Gasteiger charge is 2.42. The number of rotatable bonds is 14. The number of hydrogen-bond donors (Lipinski definition) is 1. The molecule has 5 rings (SSSR count). The van der Waals surface area contributed by atoms with Gasteiger partial charge in [0.05, 0.1) is 31.6 Å². The van der Waals surface area contributed by atoms with E-state index < -0.39 is 23.8 Å². The van der Waals surface area contributed by atoms with E-state index in [1.165, 1.54) is 0 Å². The van der Waals surface area contributed by atoms with Crippen molar-refractivity contribution in [3.8, 4) is 0 Å². The van der Waals surface area contributed by atoms with Crippen molar-refractivity contribution in [1.29, 1.82) is 0 Å². The normalized spacial score (nSPS) is 15.9. The predicted molar refractivity (Wildman–Crippen MR) is 175 cm³/mol. The molecule has 4 aromatic rings. The van der Waals surface area contributed by atoms with Gasteiger partial charge in [-0.25, -0.2) is 4.79 Å². The summed E-state index contributed by atoms with van der Waals surface area (Å²) >= 11 is 0. The zero-order valence-corrected chi connectivity index (χ0v) is 26.6. The Bertz CT molecular complexity index is 1700. The summed E-state index contributed by atoms with van der Waals surface area (Å²) in [6.45, 7) is 4.16. The fourth-order valence-corrected chi connectivity index (χ4v) is 5.64. The Morgan fingerprint density at radius 3 is 2.09 bits per heavy atom. The molecule has 0 saturated heterocycles. The van der Waals surface area contributed by atoms with Crippen LogP contribution >= 0.6 is 0 Å². The second kappa shape index (κ2) is 16.3. The predicted octanol–water partition coefficient (Wildman–Crippen LogP) is 5.80. The lowest BCUT2D eigenvalue weighted by atomic mass is 9.75. The molecule has 0 aliphatic carbocycles. The third-order valence-corrected chi connectivity index (χ3v) is 7.98. The number of furan rings is 1. The maximum absolute atomic E-state index is 13.7. The van der Waals surface area contributed by atoms with Crippen molar-refractivity contribution in [2.75, 3.05) is 13.2 Å². The molecular formula is C37H38N4O6. The van der Waals surface area contributed by atoms with Gasteiger partial charge >= 0.3 is 11.9 Å². The summed E-state index contributed by atoms with van der Waals surface area (Å²) in [7, 11) is 0. The molecular weight excluding hydrogens is 596 g/mol. The van der Waals surface area contributed by atoms with Crippen LogP contribution in [0.25, 0.3) is 0 Å². The average molecular weight is 635 g/mol. The van der Waals surface area contributed by atoms with Crippen molar-refractivity contribution in [1.82, 2.24) is 15.3 Å². The van der Waals surface area contributed by atoms with Crippen LogP contribution in [0, 0.1) is 5.92 Å². The van der Waals surface area contributed by atoms with E-state index >= 15 is 0 Å². The Hall–Kier alpha value is -5.38. The lowest BCUT2D eigenvalue weighted by Crippen LogP contribution is -2.36. The Morgan fingerprint density at radius 2 is 1.49 bits per heavy atom. The molecule has 1 aliphatic heterocycles. The molecule has 0 radical (unpaired) electrons. The molecule has 2 unspecified atom stereocenters. The fourth-order valence-electron chi connectivity index (χ4n) is 5.64. The number of amides is 1. The zero-order valence-electron chi connectivity index (χ0n) is 26.6. The number of esters is 2. The number of carbonyl (C=O) groups is 3. The zero-order chi connectivity index (χ0) is 33.0. The quantitative estimate of drug-likeness (QED) is 0.136. The average Bonchev–Trinajstić information content (AvgIpc) is 3.62. The summed E-state index contributed by atoms with van der Waals surface area (Å²) in [5.74, 6) is -2.23. The summed E-state index contributed by atoms with van der Waals surface area (Å²) in [6, 6.07) is 18.1. The van der Waals surface area contributed by atoms with Crippen LogP contribution in [0.3, 0.4) is 0 Å². The van der Waals surface area contributed by atoms with E-state index in [2.05, 4.69) is 20.3 Å². The molecule has 0 spiro atoms. The van der Waals surface area contributed by atoms with E-state index in [4.69, 9.17) is 13.9 Å². The molecule has 242 valence electrons. The molecule has 2 atom stereocenters. The number of nitrogens with one attached hydrogen (secondary N) is 1. The monoisotopic (exact) mass is 634 g/mol. The SMILES string of the molecule is CC1=NC(C)=C(C(=O)OCCCc2cccnc2)C(c2ccc(C(=O)NCc3ccco3)cc2)C1C(=O)OCCCc1cccnc1. The van der Waals surface area contributed by atoms with Crippen LogP contribution < -0.4 is 5.32 Å². The molecule has 1 N–H and O–H groups in total. The van der Waals surface area contributed by atoms with Crippen molar-refractivity contribution >= 4 is 23.6 Å². The molecule has 0 fully saturated rings. The van der Waals surface area contributed by atoms with Crippen molar-refractivity contribution in [3.05, 3.63) is 131 Å². The Labute approximate surface area is 274 Å². The topological polar surface area (TPSA) is 133 Å². The van der Waals surface area contributed by atoms with Gasteiger partial charge in [0.25, 0.3) is 5.91 Å². The number of benzene rings is 1. The Morgan fingerprint density at radius 1 is 0.830 bits per heavy atom. The first-order valence-corrected chi connectivity index (χ1v) is 15.7. The maximum Gasteiger partial charge on any atom is 0.336 e. The first kappa shape index (κ1) is 33.0. The van der Waals surface area contributed by atoms with E-state index in [0.717, 1.165) is 11.1 Å². The van der Waals surface area contributed by atoms with Gasteiger partial charge in [-0.2, -0.15) is 0 Å². The lowest BCUT2D eigenvalue weighted by molar-refractivity contribution is -0.147. The van der Waals surface area contributed by atoms with Crippen molar-refractivity contribution in [2.45, 2.75) is 52.0 Å². The first-order valence-electron chi connectivity index (χ1n) is 15.7. The van der Waals surface area contributed by atoms with Crippen LogP contribution in [0.5, 0.6) is 0 Å². The molecule has 4 heterocycles. The highest BCUT2D eigenvalue weighted by molar-refractivity contribution is 6.07. The second-order valence-corrected chi connectivity index (χ2v) is 11.3. The lowest BCUT2D eigenvalue weighted by Gasteiger charge is -2.31. The van der Waals surface area contributed by atoms with Gasteiger partial charge in [-0.15, -0.1) is 0 Å². The van der Waals surface area contributed by atoms with Crippen molar-refractivity contribution < 1.29 is 28.3 Å². The highest BCUT2D eigenvalue weighted by atomic mass is 16.5. The van der Waals surface area contributed by atoms with Gasteiger partial charge < -0.3 is 19.2 Å². The van der Waals surface area contributed by atoms with Gasteiger partial charge in [0.15, 0.2) is 0 Å². The number of allylic oxidation sites excluding steroid dienone is 1. The molecule has 3 aromatic heterocycles. The van der Waals surface area contributed by atoms with Crippen LogP contribution in [-0.2, 0) is 38.4 Å². The van der Waals surface area contributed by atoms with Crippen molar-refractivity contribution in [2.24, 2.45) is 10.9 Å². The summed E-state index contributed by atoms with van der Waals surface area (Å²) in [6.07, 6.45) is 11.2. The number of hydrogen-bond acceptors (Lipinski definition) is 9. The Kier molecular flexibility index (Phi) is 11.4. The van der Waals surface area contributed by atoms with Gasteiger partial charge in [-0.1, -0.05) is 24.3 Å². The number of carbonyl (C=O) groups excluding carboxylic acids is 3. The van der Waals surface area contributed by atoms with Crippen LogP contribution in [0.15, 0.2) is 112 Å². The highest BCUT2D eigenvalue weighted by Crippen LogP contribution is 2.40. The summed E-state index contributed by atoms with van der Waals surface area (Å²) in [5, 5.41) is 2.83. The number of nitrogens with zero attached hydrogens (tertiary/aromatic N) is 3. The summed E-state index contributed by atoms with van der Waals surface area (Å²) in [5.41, 5.74) is 4.51. The van der Waals surface area contributed by atoms with Crippen LogP contribution in [0.4, 0.5) is 0 Å². The van der Waals surface area contributed by atoms with Crippen molar-refractivity contribution in [3.63, 3.8) is 0 Å². The number of aryl methyl sites for hydroxylation is 2. The minimum atomic E-state index is -0.853. The molecule has 0 saturated carbocycles. The van der Waals surface area contributed by atoms with Crippen LogP contribution in [-0.4, -0.2) is 46.7 Å². The first-order chi connectivity index (χ1) is 22.9. The van der Waals surface area contributed by atoms with Gasteiger partial charge in [0.1, 0.15) is 11.7 Å². The van der Waals surface area contributed by atoms with Gasteiger partial charge in [0, 0.05) is 47.7 Å². The number of aromatic nitrogens is 2. The number of aliphatic imine (C=N–C) groups is 1. The van der Waals surface area contributed by atoms with Gasteiger partial charge in [-0.3, -0.25) is 24.5 Å². The van der Waals surface area contributed by atoms with Gasteiger partial charge in [0.2, 0.25) is 0 Å². The smallest absolute Gasteiger partial charge is 0.336 e. The minimum Gasteiger partial charge on any atom is -0.467 e. The molecule has 1 aromatic carbocycles. The molecule has 10 heteroatoms. The minimum absolute atomic E-state index is 0.193. The standard InChI is InChI=1S/C37H38N4O6/c1-25-32(36(43)46-20-5-10-27-8-3-17-38-22-27)34(29-13-15-30(16-14-29)35(42)40-24-31-12-7-19-45-31)33(26(2)41-25)37(44)47-21-6-11-28-9-4-18-39-23-28/h3-4,7-9,12-19,22-23,32,34H,5-6,10-11,20-21,24H2,1-2H3,(H,40,42). The molecule has 0 bridgehead atoms. The summed E-state index contributed by atoms with van der Waals surface area (Å²) in [4.78, 5) is 53.1. The second-order valence-electron chi connectivity index (χ2n) is 11.3.